The van der Waals surface area contributed by atoms with Crippen LogP contribution in [0.3, 0.4) is 0 Å². The molecule has 2 heterocycles. The Hall–Kier alpha value is -2.80. The SMILES string of the molecule is CCOC(=O)CC(c1ccc(C)c(CO)c1)c1cnc2c(nnn2C)c1C. The van der Waals surface area contributed by atoms with Gasteiger partial charge in [-0.3, -0.25) is 4.79 Å². The molecule has 1 unspecified atom stereocenters. The Labute approximate surface area is 158 Å². The van der Waals surface area contributed by atoms with Gasteiger partial charge >= 0.3 is 5.97 Å². The standard InChI is InChI=1S/C20H24N4O3/c1-5-27-18(26)9-16(14-7-6-12(2)15(8-14)11-25)17-10-21-20-19(13(17)3)22-23-24(20)4/h6-8,10,16,25H,5,9,11H2,1-4H3. The maximum atomic E-state index is 12.3. The summed E-state index contributed by atoms with van der Waals surface area (Å²) in [6.45, 7) is 6.00. The molecule has 0 saturated heterocycles. The number of ether oxygens (including phenoxy) is 1. The van der Waals surface area contributed by atoms with Crippen LogP contribution in [0.2, 0.25) is 0 Å². The number of carbonyl (C=O) groups is 1. The summed E-state index contributed by atoms with van der Waals surface area (Å²) in [5.74, 6) is -0.513. The highest BCUT2D eigenvalue weighted by atomic mass is 16.5. The van der Waals surface area contributed by atoms with E-state index in [1.807, 2.05) is 32.0 Å². The molecule has 0 spiro atoms. The number of hydrogen-bond acceptors (Lipinski definition) is 6. The molecule has 0 radical (unpaired) electrons. The van der Waals surface area contributed by atoms with E-state index in [-0.39, 0.29) is 24.9 Å². The molecule has 1 atom stereocenters. The highest BCUT2D eigenvalue weighted by molar-refractivity contribution is 5.77. The van der Waals surface area contributed by atoms with Crippen LogP contribution in [-0.2, 0) is 23.2 Å². The van der Waals surface area contributed by atoms with Crippen molar-refractivity contribution in [2.75, 3.05) is 6.61 Å². The van der Waals surface area contributed by atoms with Crippen LogP contribution in [0.4, 0.5) is 0 Å². The third-order valence-corrected chi connectivity index (χ3v) is 4.91. The van der Waals surface area contributed by atoms with Crippen LogP contribution >= 0.6 is 0 Å². The van der Waals surface area contributed by atoms with Gasteiger partial charge in [-0.25, -0.2) is 9.67 Å². The van der Waals surface area contributed by atoms with E-state index in [1.54, 1.807) is 24.9 Å². The molecule has 0 aliphatic heterocycles. The lowest BCUT2D eigenvalue weighted by Crippen LogP contribution is -2.14. The topological polar surface area (TPSA) is 90.1 Å². The molecule has 3 aromatic rings. The van der Waals surface area contributed by atoms with Crippen molar-refractivity contribution in [1.29, 1.82) is 0 Å². The van der Waals surface area contributed by atoms with Crippen molar-refractivity contribution in [3.8, 4) is 0 Å². The number of rotatable bonds is 6. The van der Waals surface area contributed by atoms with Gasteiger partial charge in [-0.15, -0.1) is 5.10 Å². The van der Waals surface area contributed by atoms with Crippen LogP contribution in [-0.4, -0.2) is 37.7 Å². The number of hydrogen-bond donors (Lipinski definition) is 1. The van der Waals surface area contributed by atoms with E-state index in [9.17, 15) is 9.90 Å². The van der Waals surface area contributed by atoms with Crippen molar-refractivity contribution in [1.82, 2.24) is 20.0 Å². The van der Waals surface area contributed by atoms with Gasteiger partial charge in [0.1, 0.15) is 5.52 Å². The quantitative estimate of drug-likeness (QED) is 0.673. The number of aliphatic hydroxyl groups is 1. The number of aryl methyl sites for hydroxylation is 3. The van der Waals surface area contributed by atoms with Gasteiger partial charge in [-0.2, -0.15) is 0 Å². The Kier molecular flexibility index (Phi) is 5.51. The summed E-state index contributed by atoms with van der Waals surface area (Å²) < 4.78 is 6.81. The highest BCUT2D eigenvalue weighted by Gasteiger charge is 2.24. The van der Waals surface area contributed by atoms with Gasteiger partial charge in [0.15, 0.2) is 5.65 Å². The first-order chi connectivity index (χ1) is 13.0. The molecule has 0 fully saturated rings. The first-order valence-electron chi connectivity index (χ1n) is 8.97. The highest BCUT2D eigenvalue weighted by Crippen LogP contribution is 2.33. The van der Waals surface area contributed by atoms with Crippen LogP contribution in [0.15, 0.2) is 24.4 Å². The molecule has 0 bridgehead atoms. The van der Waals surface area contributed by atoms with Crippen LogP contribution in [0.25, 0.3) is 11.2 Å². The zero-order chi connectivity index (χ0) is 19.6. The number of nitrogens with zero attached hydrogens (tertiary/aromatic N) is 4. The van der Waals surface area contributed by atoms with Gasteiger partial charge in [-0.05, 0) is 48.6 Å². The summed E-state index contributed by atoms with van der Waals surface area (Å²) >= 11 is 0. The fourth-order valence-electron chi connectivity index (χ4n) is 3.33. The smallest absolute Gasteiger partial charge is 0.306 e. The summed E-state index contributed by atoms with van der Waals surface area (Å²) in [7, 11) is 1.80. The van der Waals surface area contributed by atoms with E-state index in [4.69, 9.17) is 4.74 Å². The zero-order valence-corrected chi connectivity index (χ0v) is 16.1. The van der Waals surface area contributed by atoms with Crippen LogP contribution < -0.4 is 0 Å². The Morgan fingerprint density at radius 2 is 2.11 bits per heavy atom. The van der Waals surface area contributed by atoms with Gasteiger partial charge in [0.05, 0.1) is 19.6 Å². The molecule has 0 saturated carbocycles. The number of fused-ring (bicyclic) bond motifs is 1. The average Bonchev–Trinajstić information content (AvgIpc) is 3.03. The Morgan fingerprint density at radius 1 is 1.33 bits per heavy atom. The summed E-state index contributed by atoms with van der Waals surface area (Å²) in [6, 6.07) is 5.89. The van der Waals surface area contributed by atoms with Gasteiger partial charge in [0, 0.05) is 19.2 Å². The van der Waals surface area contributed by atoms with Gasteiger partial charge in [0.2, 0.25) is 0 Å². The van der Waals surface area contributed by atoms with E-state index >= 15 is 0 Å². The molecule has 27 heavy (non-hydrogen) atoms. The normalized spacial score (nSPS) is 12.3. The van der Waals surface area contributed by atoms with Gasteiger partial charge < -0.3 is 9.84 Å². The molecule has 0 amide bonds. The minimum atomic E-state index is -0.271. The fraction of sp³-hybridized carbons (Fsp3) is 0.400. The first-order valence-corrected chi connectivity index (χ1v) is 8.97. The van der Waals surface area contributed by atoms with Gasteiger partial charge in [0.25, 0.3) is 0 Å². The molecule has 1 N–H and O–H groups in total. The van der Waals surface area contributed by atoms with E-state index in [2.05, 4.69) is 15.3 Å². The molecule has 3 rings (SSSR count). The van der Waals surface area contributed by atoms with Crippen LogP contribution in [0.1, 0.15) is 47.1 Å². The number of pyridine rings is 1. The largest absolute Gasteiger partial charge is 0.466 e. The minimum absolute atomic E-state index is 0.0494. The van der Waals surface area contributed by atoms with E-state index in [1.165, 1.54) is 0 Å². The number of aromatic nitrogens is 4. The summed E-state index contributed by atoms with van der Waals surface area (Å²) in [4.78, 5) is 16.8. The second kappa shape index (κ2) is 7.84. The molecule has 142 valence electrons. The van der Waals surface area contributed by atoms with Crippen molar-refractivity contribution >= 4 is 17.1 Å². The molecule has 7 nitrogen and oxygen atoms in total. The molecule has 2 aromatic heterocycles. The fourth-order valence-corrected chi connectivity index (χ4v) is 3.33. The summed E-state index contributed by atoms with van der Waals surface area (Å²) in [5.41, 5.74) is 6.05. The molecule has 0 aliphatic carbocycles. The van der Waals surface area contributed by atoms with Crippen molar-refractivity contribution in [2.45, 2.75) is 39.7 Å². The first kappa shape index (κ1) is 19.0. The predicted molar refractivity (Wildman–Crippen MR) is 101 cm³/mol. The third-order valence-electron chi connectivity index (χ3n) is 4.91. The predicted octanol–water partition coefficient (Wildman–Crippen LogP) is 2.56. The lowest BCUT2D eigenvalue weighted by atomic mass is 9.85. The summed E-state index contributed by atoms with van der Waals surface area (Å²) in [6.07, 6.45) is 1.97. The molecular weight excluding hydrogens is 344 g/mol. The lowest BCUT2D eigenvalue weighted by Gasteiger charge is -2.20. The number of esters is 1. The maximum absolute atomic E-state index is 12.3. The molecular formula is C20H24N4O3. The zero-order valence-electron chi connectivity index (χ0n) is 16.1. The van der Waals surface area contributed by atoms with E-state index < -0.39 is 0 Å². The third kappa shape index (κ3) is 3.68. The maximum Gasteiger partial charge on any atom is 0.306 e. The number of benzene rings is 1. The van der Waals surface area contributed by atoms with Crippen molar-refractivity contribution in [3.63, 3.8) is 0 Å². The lowest BCUT2D eigenvalue weighted by molar-refractivity contribution is -0.143. The number of aliphatic hydroxyl groups excluding tert-OH is 1. The molecule has 0 aliphatic rings. The monoisotopic (exact) mass is 368 g/mol. The average molecular weight is 368 g/mol. The second-order valence-corrected chi connectivity index (χ2v) is 6.63. The number of carbonyl (C=O) groups excluding carboxylic acids is 1. The molecule has 1 aromatic carbocycles. The van der Waals surface area contributed by atoms with Crippen molar-refractivity contribution < 1.29 is 14.6 Å². The Morgan fingerprint density at radius 3 is 2.81 bits per heavy atom. The van der Waals surface area contributed by atoms with E-state index in [0.29, 0.717) is 12.3 Å². The Balaban J connectivity index is 2.12. The van der Waals surface area contributed by atoms with Crippen LogP contribution in [0.5, 0.6) is 0 Å². The van der Waals surface area contributed by atoms with Crippen molar-refractivity contribution in [3.05, 3.63) is 52.2 Å². The van der Waals surface area contributed by atoms with Crippen LogP contribution in [0, 0.1) is 13.8 Å². The van der Waals surface area contributed by atoms with Gasteiger partial charge in [-0.1, -0.05) is 23.4 Å². The second-order valence-electron chi connectivity index (χ2n) is 6.63. The molecule has 7 heteroatoms. The Bertz CT molecular complexity index is 981. The van der Waals surface area contributed by atoms with E-state index in [0.717, 1.165) is 33.3 Å². The van der Waals surface area contributed by atoms with Crippen molar-refractivity contribution in [2.24, 2.45) is 7.05 Å². The summed E-state index contributed by atoms with van der Waals surface area (Å²) in [5, 5.41) is 17.9. The minimum Gasteiger partial charge on any atom is -0.466 e.